The molecule has 0 heterocycles. The number of ether oxygens (including phenoxy) is 2. The van der Waals surface area contributed by atoms with E-state index in [1.54, 1.807) is 38.1 Å². The molecular formula is C30H30O8S2. The van der Waals surface area contributed by atoms with Crippen molar-refractivity contribution in [2.75, 3.05) is 24.7 Å². The van der Waals surface area contributed by atoms with Gasteiger partial charge < -0.3 is 19.7 Å². The number of aromatic hydroxyl groups is 2. The van der Waals surface area contributed by atoms with Crippen LogP contribution in [0.3, 0.4) is 0 Å². The second-order valence-electron chi connectivity index (χ2n) is 9.01. The molecule has 0 unspecified atom stereocenters. The largest absolute Gasteiger partial charge is 0.506 e. The smallest absolute Gasteiger partial charge is 0.305 e. The van der Waals surface area contributed by atoms with E-state index in [2.05, 4.69) is 0 Å². The number of phenolic OH excluding ortho intramolecular Hbond substituents is 2. The number of carbonyl (C=O) groups is 4. The molecule has 3 aromatic rings. The Morgan fingerprint density at radius 2 is 1.12 bits per heavy atom. The summed E-state index contributed by atoms with van der Waals surface area (Å²) < 4.78 is 9.99. The van der Waals surface area contributed by atoms with Crippen LogP contribution in [0.4, 0.5) is 0 Å². The minimum Gasteiger partial charge on any atom is -0.506 e. The minimum absolute atomic E-state index is 0.177. The number of fused-ring (bicyclic) bond motifs is 3. The molecule has 0 aliphatic heterocycles. The third-order valence-corrected chi connectivity index (χ3v) is 8.78. The summed E-state index contributed by atoms with van der Waals surface area (Å²) in [6.07, 6.45) is 1.68. The second-order valence-corrected chi connectivity index (χ2v) is 11.3. The first kappa shape index (κ1) is 29.5. The summed E-state index contributed by atoms with van der Waals surface area (Å²) in [6.45, 7) is 4.15. The topological polar surface area (TPSA) is 127 Å². The van der Waals surface area contributed by atoms with Gasteiger partial charge in [-0.1, -0.05) is 24.3 Å². The Balaban J connectivity index is 1.70. The third-order valence-electron chi connectivity index (χ3n) is 6.36. The molecule has 0 saturated carbocycles. The van der Waals surface area contributed by atoms with Crippen molar-refractivity contribution in [3.8, 4) is 11.5 Å². The zero-order chi connectivity index (χ0) is 28.8. The Bertz CT molecular complexity index is 1370. The standard InChI is InChI=1S/C30H30O8S2/c1-3-37-23(31)11-7-13-39-21-15-19-20(16-22(21)40-14-8-12-24(32)38-4-2)30(36)26-25(29(19)35)27(33)17-9-5-6-10-18(17)28(26)34/h5-6,9-10,15-16,35-36H,3-4,7-8,11-14H2,1-2H3. The van der Waals surface area contributed by atoms with E-state index in [-0.39, 0.29) is 69.3 Å². The van der Waals surface area contributed by atoms with Crippen molar-refractivity contribution in [3.63, 3.8) is 0 Å². The fourth-order valence-electron chi connectivity index (χ4n) is 4.54. The van der Waals surface area contributed by atoms with Crippen LogP contribution in [0.2, 0.25) is 0 Å². The summed E-state index contributed by atoms with van der Waals surface area (Å²) in [5, 5.41) is 23.0. The fourth-order valence-corrected chi connectivity index (χ4v) is 6.71. The fraction of sp³-hybridized carbons (Fsp3) is 0.333. The van der Waals surface area contributed by atoms with Crippen LogP contribution in [-0.4, -0.2) is 58.4 Å². The van der Waals surface area contributed by atoms with Gasteiger partial charge in [0.25, 0.3) is 0 Å². The van der Waals surface area contributed by atoms with Crippen molar-refractivity contribution in [1.29, 1.82) is 0 Å². The van der Waals surface area contributed by atoms with Crippen LogP contribution in [0, 0.1) is 0 Å². The first-order chi connectivity index (χ1) is 19.3. The van der Waals surface area contributed by atoms with Gasteiger partial charge in [0.1, 0.15) is 11.5 Å². The Kier molecular flexibility index (Phi) is 9.76. The third kappa shape index (κ3) is 6.13. The van der Waals surface area contributed by atoms with Crippen molar-refractivity contribution in [2.24, 2.45) is 0 Å². The Hall–Kier alpha value is -3.50. The predicted molar refractivity (Wildman–Crippen MR) is 154 cm³/mol. The molecule has 4 rings (SSSR count). The predicted octanol–water partition coefficient (Wildman–Crippen LogP) is 5.90. The molecule has 8 nitrogen and oxygen atoms in total. The molecule has 1 aliphatic rings. The van der Waals surface area contributed by atoms with Gasteiger partial charge in [-0.3, -0.25) is 19.2 Å². The molecule has 0 radical (unpaired) electrons. The first-order valence-corrected chi connectivity index (χ1v) is 15.1. The number of thioether (sulfide) groups is 2. The summed E-state index contributed by atoms with van der Waals surface area (Å²) in [7, 11) is 0. The molecular weight excluding hydrogens is 552 g/mol. The zero-order valence-corrected chi connectivity index (χ0v) is 23.9. The van der Waals surface area contributed by atoms with Gasteiger partial charge in [-0.15, -0.1) is 23.5 Å². The average molecular weight is 583 g/mol. The van der Waals surface area contributed by atoms with E-state index < -0.39 is 11.6 Å². The minimum atomic E-state index is -0.527. The lowest BCUT2D eigenvalue weighted by Gasteiger charge is -2.22. The molecule has 40 heavy (non-hydrogen) atoms. The van der Waals surface area contributed by atoms with Gasteiger partial charge in [0.15, 0.2) is 11.6 Å². The van der Waals surface area contributed by atoms with Crippen LogP contribution in [0.1, 0.15) is 71.4 Å². The maximum atomic E-state index is 13.3. The summed E-state index contributed by atoms with van der Waals surface area (Å²) in [5.74, 6) is -1.14. The number of ketones is 2. The van der Waals surface area contributed by atoms with Crippen molar-refractivity contribution < 1.29 is 38.9 Å². The summed E-state index contributed by atoms with van der Waals surface area (Å²) >= 11 is 2.94. The molecule has 0 spiro atoms. The van der Waals surface area contributed by atoms with Crippen molar-refractivity contribution in [1.82, 2.24) is 0 Å². The highest BCUT2D eigenvalue weighted by Crippen LogP contribution is 2.47. The maximum absolute atomic E-state index is 13.3. The van der Waals surface area contributed by atoms with E-state index in [9.17, 15) is 29.4 Å². The van der Waals surface area contributed by atoms with Crippen molar-refractivity contribution >= 4 is 57.8 Å². The number of hydrogen-bond donors (Lipinski definition) is 2. The Morgan fingerprint density at radius 3 is 1.50 bits per heavy atom. The lowest BCUT2D eigenvalue weighted by molar-refractivity contribution is -0.144. The van der Waals surface area contributed by atoms with E-state index in [1.807, 2.05) is 0 Å². The molecule has 0 saturated heterocycles. The summed E-state index contributed by atoms with van der Waals surface area (Å²) in [5.41, 5.74) is -0.0589. The van der Waals surface area contributed by atoms with Gasteiger partial charge in [-0.25, -0.2) is 0 Å². The maximum Gasteiger partial charge on any atom is 0.305 e. The van der Waals surface area contributed by atoms with Gasteiger partial charge in [0, 0.05) is 44.5 Å². The number of hydrogen-bond acceptors (Lipinski definition) is 10. The molecule has 210 valence electrons. The molecule has 0 bridgehead atoms. The van der Waals surface area contributed by atoms with Gasteiger partial charge in [0.2, 0.25) is 0 Å². The SMILES string of the molecule is CCOC(=O)CCCSc1cc2c(O)c3c(c(O)c2cc1SCCCC(=O)OCC)C(=O)c1ccccc1C3=O. The number of benzene rings is 3. The zero-order valence-electron chi connectivity index (χ0n) is 22.3. The molecule has 0 fully saturated rings. The number of carbonyl (C=O) groups excluding carboxylic acids is 4. The number of phenols is 2. The first-order valence-electron chi connectivity index (χ1n) is 13.1. The normalized spacial score (nSPS) is 12.2. The number of rotatable bonds is 12. The lowest BCUT2D eigenvalue weighted by Crippen LogP contribution is -2.21. The van der Waals surface area contributed by atoms with E-state index in [0.29, 0.717) is 37.6 Å². The molecule has 2 N–H and O–H groups in total. The highest BCUT2D eigenvalue weighted by atomic mass is 32.2. The molecule has 3 aromatic carbocycles. The van der Waals surface area contributed by atoms with Gasteiger partial charge in [-0.05, 0) is 50.3 Å². The lowest BCUT2D eigenvalue weighted by atomic mass is 9.81. The van der Waals surface area contributed by atoms with Crippen LogP contribution >= 0.6 is 23.5 Å². The van der Waals surface area contributed by atoms with Gasteiger partial charge >= 0.3 is 11.9 Å². The van der Waals surface area contributed by atoms with Crippen LogP contribution in [-0.2, 0) is 19.1 Å². The monoisotopic (exact) mass is 582 g/mol. The van der Waals surface area contributed by atoms with Crippen LogP contribution in [0.25, 0.3) is 10.8 Å². The Morgan fingerprint density at radius 1 is 0.725 bits per heavy atom. The van der Waals surface area contributed by atoms with Crippen LogP contribution < -0.4 is 0 Å². The molecule has 0 atom stereocenters. The summed E-state index contributed by atoms with van der Waals surface area (Å²) in [6, 6.07) is 9.74. The molecule has 0 amide bonds. The van der Waals surface area contributed by atoms with E-state index in [4.69, 9.17) is 9.47 Å². The molecule has 10 heteroatoms. The van der Waals surface area contributed by atoms with Crippen molar-refractivity contribution in [3.05, 3.63) is 58.7 Å². The molecule has 0 aromatic heterocycles. The van der Waals surface area contributed by atoms with Crippen molar-refractivity contribution in [2.45, 2.75) is 49.3 Å². The second kappa shape index (κ2) is 13.2. The van der Waals surface area contributed by atoms with Gasteiger partial charge in [-0.2, -0.15) is 0 Å². The van der Waals surface area contributed by atoms with E-state index >= 15 is 0 Å². The van der Waals surface area contributed by atoms with E-state index in [0.717, 1.165) is 9.79 Å². The highest BCUT2D eigenvalue weighted by Gasteiger charge is 2.36. The molecule has 1 aliphatic carbocycles. The van der Waals surface area contributed by atoms with E-state index in [1.165, 1.54) is 35.7 Å². The Labute approximate surface area is 240 Å². The van der Waals surface area contributed by atoms with Crippen LogP contribution in [0.5, 0.6) is 11.5 Å². The number of esters is 2. The average Bonchev–Trinajstić information content (AvgIpc) is 2.94. The quantitative estimate of drug-likeness (QED) is 0.0902. The summed E-state index contributed by atoms with van der Waals surface area (Å²) in [4.78, 5) is 51.7. The van der Waals surface area contributed by atoms with Crippen LogP contribution in [0.15, 0.2) is 46.2 Å². The highest BCUT2D eigenvalue weighted by molar-refractivity contribution is 8.02. The van der Waals surface area contributed by atoms with Gasteiger partial charge in [0.05, 0.1) is 24.3 Å².